The highest BCUT2D eigenvalue weighted by atomic mass is 16.1. The molecule has 2 amide bonds. The van der Waals surface area contributed by atoms with Crippen LogP contribution in [0.5, 0.6) is 0 Å². The van der Waals surface area contributed by atoms with Gasteiger partial charge in [0.15, 0.2) is 0 Å². The van der Waals surface area contributed by atoms with Crippen LogP contribution in [0.1, 0.15) is 0 Å². The van der Waals surface area contributed by atoms with Crippen LogP contribution in [0.3, 0.4) is 0 Å². The Bertz CT molecular complexity index is 134. The molecule has 0 aromatic carbocycles. The second kappa shape index (κ2) is 5.81. The van der Waals surface area contributed by atoms with E-state index in [1.807, 2.05) is 0 Å². The monoisotopic (exact) mass is 141 g/mol. The Labute approximate surface area is 59.3 Å². The summed E-state index contributed by atoms with van der Waals surface area (Å²) in [5.41, 5.74) is 0. The molecule has 10 heavy (non-hydrogen) atoms. The van der Waals surface area contributed by atoms with Crippen LogP contribution < -0.4 is 10.6 Å². The number of amides is 2. The Hall–Kier alpha value is -1.32. The summed E-state index contributed by atoms with van der Waals surface area (Å²) in [5, 5.41) is 4.74. The lowest BCUT2D eigenvalue weighted by Crippen LogP contribution is -2.29. The van der Waals surface area contributed by atoms with Gasteiger partial charge in [0.1, 0.15) is 0 Å². The van der Waals surface area contributed by atoms with E-state index in [0.29, 0.717) is 13.1 Å². The van der Waals surface area contributed by atoms with Gasteiger partial charge in [0.2, 0.25) is 5.91 Å². The number of carbonyl (C=O) groups excluding carboxylic acids is 2. The largest absolute Gasteiger partial charge is 0.351 e. The Morgan fingerprint density at radius 3 is 2.80 bits per heavy atom. The molecule has 0 bridgehead atoms. The summed E-state index contributed by atoms with van der Waals surface area (Å²) in [6.07, 6.45) is 2.65. The van der Waals surface area contributed by atoms with E-state index < -0.39 is 0 Å². The first-order valence-corrected chi connectivity index (χ1v) is 2.81. The predicted octanol–water partition coefficient (Wildman–Crippen LogP) is -1.05. The number of rotatable bonds is 5. The van der Waals surface area contributed by atoms with Crippen molar-refractivity contribution < 1.29 is 9.59 Å². The highest BCUT2D eigenvalue weighted by Gasteiger charge is 1.89. The molecule has 0 aliphatic rings. The fourth-order valence-electron chi connectivity index (χ4n) is 0.371. The maximum atomic E-state index is 10.4. The van der Waals surface area contributed by atoms with Crippen LogP contribution >= 0.6 is 0 Å². The van der Waals surface area contributed by atoms with E-state index in [0.717, 1.165) is 0 Å². The molecule has 4 nitrogen and oxygen atoms in total. The van der Waals surface area contributed by atoms with E-state index in [1.54, 1.807) is 0 Å². The average molecular weight is 141 g/mol. The number of hydrogen-bond donors (Lipinski definition) is 2. The van der Waals surface area contributed by atoms with Crippen LogP contribution in [0.15, 0.2) is 12.7 Å². The molecule has 0 aromatic heterocycles. The van der Waals surface area contributed by atoms with Crippen LogP contribution in [-0.4, -0.2) is 25.4 Å². The standard InChI is InChI=1S/C6H9N2O2/c1-2-6(10)8-4-3-7-5-9/h2H,1,3-4H2,(H,7,9)(H,8,10). The van der Waals surface area contributed by atoms with Gasteiger partial charge in [-0.15, -0.1) is 0 Å². The summed E-state index contributed by atoms with van der Waals surface area (Å²) in [4.78, 5) is 20.0. The van der Waals surface area contributed by atoms with Gasteiger partial charge in [-0.2, -0.15) is 0 Å². The van der Waals surface area contributed by atoms with E-state index in [4.69, 9.17) is 0 Å². The molecular formula is C6H9N2O2. The summed E-state index contributed by atoms with van der Waals surface area (Å²) in [6.45, 7) is 4.04. The molecule has 0 aromatic rings. The summed E-state index contributed by atoms with van der Waals surface area (Å²) in [6, 6.07) is 0. The maximum Gasteiger partial charge on any atom is 0.309 e. The molecule has 0 spiro atoms. The number of hydrogen-bond acceptors (Lipinski definition) is 2. The Morgan fingerprint density at radius 2 is 2.30 bits per heavy atom. The second-order valence-electron chi connectivity index (χ2n) is 1.52. The van der Waals surface area contributed by atoms with E-state index in [-0.39, 0.29) is 5.91 Å². The second-order valence-corrected chi connectivity index (χ2v) is 1.52. The predicted molar refractivity (Wildman–Crippen MR) is 36.9 cm³/mol. The quantitative estimate of drug-likeness (QED) is 0.291. The van der Waals surface area contributed by atoms with Gasteiger partial charge in [-0.05, 0) is 6.08 Å². The molecule has 2 N–H and O–H groups in total. The first-order valence-electron chi connectivity index (χ1n) is 2.81. The topological polar surface area (TPSA) is 58.2 Å². The van der Waals surface area contributed by atoms with Crippen molar-refractivity contribution in [1.82, 2.24) is 10.6 Å². The molecule has 0 saturated heterocycles. The zero-order valence-electron chi connectivity index (χ0n) is 5.52. The third-order valence-corrected chi connectivity index (χ3v) is 0.807. The lowest BCUT2D eigenvalue weighted by molar-refractivity contribution is -0.116. The molecule has 0 heterocycles. The van der Waals surface area contributed by atoms with Crippen molar-refractivity contribution >= 4 is 12.3 Å². The molecule has 0 atom stereocenters. The zero-order chi connectivity index (χ0) is 7.82. The van der Waals surface area contributed by atoms with Gasteiger partial charge in [-0.3, -0.25) is 9.59 Å². The third kappa shape index (κ3) is 4.83. The molecule has 0 aliphatic heterocycles. The van der Waals surface area contributed by atoms with Crippen LogP contribution in [0.4, 0.5) is 0 Å². The highest BCUT2D eigenvalue weighted by Crippen LogP contribution is 1.63. The summed E-state index contributed by atoms with van der Waals surface area (Å²) in [5.74, 6) is -0.243. The van der Waals surface area contributed by atoms with Crippen LogP contribution in [-0.2, 0) is 9.59 Å². The Morgan fingerprint density at radius 1 is 1.60 bits per heavy atom. The average Bonchev–Trinajstić information content (AvgIpc) is 1.98. The van der Waals surface area contributed by atoms with E-state index in [9.17, 15) is 9.59 Å². The summed E-state index contributed by atoms with van der Waals surface area (Å²) < 4.78 is 0. The van der Waals surface area contributed by atoms with Gasteiger partial charge in [0, 0.05) is 13.1 Å². The van der Waals surface area contributed by atoms with Crippen molar-refractivity contribution in [1.29, 1.82) is 0 Å². The van der Waals surface area contributed by atoms with Gasteiger partial charge in [-0.1, -0.05) is 6.58 Å². The molecule has 1 radical (unpaired) electrons. The van der Waals surface area contributed by atoms with Crippen molar-refractivity contribution in [2.45, 2.75) is 0 Å². The fourth-order valence-corrected chi connectivity index (χ4v) is 0.371. The maximum absolute atomic E-state index is 10.4. The molecule has 0 saturated carbocycles. The minimum absolute atomic E-state index is 0.243. The Balaban J connectivity index is 3.11. The molecule has 0 unspecified atom stereocenters. The van der Waals surface area contributed by atoms with Crippen LogP contribution in [0, 0.1) is 0 Å². The highest BCUT2D eigenvalue weighted by molar-refractivity contribution is 5.86. The summed E-state index contributed by atoms with van der Waals surface area (Å²) in [7, 11) is 0. The van der Waals surface area contributed by atoms with Crippen LogP contribution in [0.25, 0.3) is 0 Å². The van der Waals surface area contributed by atoms with Crippen molar-refractivity contribution in [3.8, 4) is 0 Å². The lowest BCUT2D eigenvalue weighted by Gasteiger charge is -1.98. The van der Waals surface area contributed by atoms with Gasteiger partial charge >= 0.3 is 6.41 Å². The zero-order valence-corrected chi connectivity index (χ0v) is 5.52. The molecule has 0 fully saturated rings. The molecule has 4 heteroatoms. The first-order chi connectivity index (χ1) is 4.81. The van der Waals surface area contributed by atoms with E-state index in [1.165, 1.54) is 12.5 Å². The van der Waals surface area contributed by atoms with E-state index in [2.05, 4.69) is 17.2 Å². The van der Waals surface area contributed by atoms with Crippen molar-refractivity contribution in [2.75, 3.05) is 13.1 Å². The van der Waals surface area contributed by atoms with Crippen molar-refractivity contribution in [2.24, 2.45) is 0 Å². The number of carbonyl (C=O) groups is 1. The van der Waals surface area contributed by atoms with Crippen molar-refractivity contribution in [3.63, 3.8) is 0 Å². The van der Waals surface area contributed by atoms with E-state index >= 15 is 0 Å². The first kappa shape index (κ1) is 8.68. The fraction of sp³-hybridized carbons (Fsp3) is 0.333. The normalized spacial score (nSPS) is 8.00. The Kier molecular flexibility index (Phi) is 5.04. The van der Waals surface area contributed by atoms with Gasteiger partial charge in [0.25, 0.3) is 0 Å². The molecular weight excluding hydrogens is 132 g/mol. The van der Waals surface area contributed by atoms with Crippen LogP contribution in [0.2, 0.25) is 0 Å². The third-order valence-electron chi connectivity index (χ3n) is 0.807. The van der Waals surface area contributed by atoms with Crippen molar-refractivity contribution in [3.05, 3.63) is 12.7 Å². The summed E-state index contributed by atoms with van der Waals surface area (Å²) >= 11 is 0. The SMILES string of the molecule is C=CC(=O)NCCN[C]=O. The minimum atomic E-state index is -0.243. The smallest absolute Gasteiger partial charge is 0.309 e. The van der Waals surface area contributed by atoms with Gasteiger partial charge in [-0.25, -0.2) is 0 Å². The number of nitrogens with one attached hydrogen (secondary N) is 2. The van der Waals surface area contributed by atoms with Gasteiger partial charge < -0.3 is 10.6 Å². The lowest BCUT2D eigenvalue weighted by atomic mass is 10.5. The minimum Gasteiger partial charge on any atom is -0.351 e. The molecule has 0 aliphatic carbocycles. The molecule has 55 valence electrons. The molecule has 0 rings (SSSR count). The van der Waals surface area contributed by atoms with Gasteiger partial charge in [0.05, 0.1) is 0 Å².